The third-order valence-corrected chi connectivity index (χ3v) is 9.51. The van der Waals surface area contributed by atoms with E-state index in [9.17, 15) is 26.4 Å². The molecule has 1 aliphatic rings. The summed E-state index contributed by atoms with van der Waals surface area (Å²) in [4.78, 5) is 27.0. The molecular weight excluding hydrogens is 615 g/mol. The lowest BCUT2D eigenvalue weighted by molar-refractivity contribution is -0.127. The number of fused-ring (bicyclic) bond motifs is 1. The molecule has 4 aromatic rings. The Hall–Kier alpha value is -5.14. The number of carbonyl (C=O) groups is 2. The Bertz CT molecular complexity index is 2000. The predicted molar refractivity (Wildman–Crippen MR) is 177 cm³/mol. The zero-order valence-electron chi connectivity index (χ0n) is 24.7. The average molecular weight is 646 g/mol. The first-order valence-electron chi connectivity index (χ1n) is 13.7. The Morgan fingerprint density at radius 3 is 2.02 bits per heavy atom. The summed E-state index contributed by atoms with van der Waals surface area (Å²) in [5.74, 6) is -0.811. The standard InChI is InChI=1S/C32H31N5O6S2/c1-36(2)29(38)21-37(44(3,40)41)25-16-14-23(15-17-25)33-31(22-10-6-4-7-11-22)30-27-20-26(18-19-28(27)34-32(30)39)45(42,43)35-24-12-8-5-9-13-24/h4-20,33,35H,21H2,1-3H3,(H,34,39)/b31-30-. The molecule has 0 unspecified atom stereocenters. The van der Waals surface area contributed by atoms with Crippen molar-refractivity contribution in [3.05, 3.63) is 114 Å². The topological polar surface area (TPSA) is 145 Å². The Balaban J connectivity index is 1.55. The number of rotatable bonds is 10. The summed E-state index contributed by atoms with van der Waals surface area (Å²) in [6.45, 7) is -0.362. The summed E-state index contributed by atoms with van der Waals surface area (Å²) in [6, 6.07) is 28.4. The number of amides is 2. The summed E-state index contributed by atoms with van der Waals surface area (Å²) in [6.07, 6.45) is 1.03. The largest absolute Gasteiger partial charge is 0.354 e. The van der Waals surface area contributed by atoms with E-state index in [4.69, 9.17) is 0 Å². The maximum atomic E-state index is 13.4. The Kier molecular flexibility index (Phi) is 8.66. The number of carbonyl (C=O) groups excluding carboxylic acids is 2. The lowest BCUT2D eigenvalue weighted by atomic mass is 10.00. The molecule has 2 amide bonds. The van der Waals surface area contributed by atoms with Gasteiger partial charge in [-0.2, -0.15) is 0 Å². The molecule has 5 rings (SSSR count). The molecule has 0 radical (unpaired) electrons. The third kappa shape index (κ3) is 7.00. The van der Waals surface area contributed by atoms with Crippen LogP contribution < -0.4 is 19.7 Å². The summed E-state index contributed by atoms with van der Waals surface area (Å²) in [5.41, 5.74) is 3.35. The molecule has 13 heteroatoms. The van der Waals surface area contributed by atoms with Crippen LogP contribution in [0.2, 0.25) is 0 Å². The molecule has 232 valence electrons. The maximum absolute atomic E-state index is 13.4. The van der Waals surface area contributed by atoms with Gasteiger partial charge < -0.3 is 15.5 Å². The van der Waals surface area contributed by atoms with Crippen LogP contribution in [0.3, 0.4) is 0 Å². The summed E-state index contributed by atoms with van der Waals surface area (Å²) in [5, 5.41) is 6.10. The Morgan fingerprint density at radius 1 is 0.800 bits per heavy atom. The lowest BCUT2D eigenvalue weighted by Crippen LogP contribution is -2.39. The Morgan fingerprint density at radius 2 is 1.42 bits per heavy atom. The Labute approximate surface area is 262 Å². The fraction of sp³-hybridized carbons (Fsp3) is 0.125. The minimum Gasteiger partial charge on any atom is -0.354 e. The molecular formula is C32H31N5O6S2. The van der Waals surface area contributed by atoms with Gasteiger partial charge in [-0.1, -0.05) is 48.5 Å². The van der Waals surface area contributed by atoms with E-state index in [0.717, 1.165) is 10.6 Å². The molecule has 3 N–H and O–H groups in total. The van der Waals surface area contributed by atoms with E-state index in [-0.39, 0.29) is 28.6 Å². The van der Waals surface area contributed by atoms with E-state index >= 15 is 0 Å². The highest BCUT2D eigenvalue weighted by Gasteiger charge is 2.30. The van der Waals surface area contributed by atoms with E-state index in [1.54, 1.807) is 74.8 Å². The highest BCUT2D eigenvalue weighted by molar-refractivity contribution is 7.92. The normalized spacial score (nSPS) is 13.8. The number of hydrogen-bond acceptors (Lipinski definition) is 7. The van der Waals surface area contributed by atoms with Crippen LogP contribution >= 0.6 is 0 Å². The van der Waals surface area contributed by atoms with Crippen molar-refractivity contribution in [3.63, 3.8) is 0 Å². The number of para-hydroxylation sites is 1. The van der Waals surface area contributed by atoms with Crippen LogP contribution in [0.1, 0.15) is 11.1 Å². The molecule has 1 heterocycles. The van der Waals surface area contributed by atoms with Gasteiger partial charge in [-0.05, 0) is 60.2 Å². The first-order chi connectivity index (χ1) is 21.3. The second kappa shape index (κ2) is 12.5. The third-order valence-electron chi connectivity index (χ3n) is 6.99. The van der Waals surface area contributed by atoms with Crippen LogP contribution in [0.5, 0.6) is 0 Å². The monoisotopic (exact) mass is 645 g/mol. The molecule has 4 aromatic carbocycles. The van der Waals surface area contributed by atoms with E-state index in [2.05, 4.69) is 15.4 Å². The molecule has 0 atom stereocenters. The van der Waals surface area contributed by atoms with Gasteiger partial charge in [0, 0.05) is 36.7 Å². The molecule has 0 bridgehead atoms. The smallest absolute Gasteiger partial charge is 0.261 e. The fourth-order valence-electron chi connectivity index (χ4n) is 4.69. The van der Waals surface area contributed by atoms with Crippen LogP contribution in [0.25, 0.3) is 11.3 Å². The molecule has 0 saturated heterocycles. The summed E-state index contributed by atoms with van der Waals surface area (Å²) < 4.78 is 55.1. The second-order valence-electron chi connectivity index (χ2n) is 10.5. The SMILES string of the molecule is CN(C)C(=O)CN(c1ccc(N/C(=C2\C(=O)Nc3ccc(S(=O)(=O)Nc4ccccc4)cc32)c2ccccc2)cc1)S(C)(=O)=O. The number of nitrogens with one attached hydrogen (secondary N) is 3. The van der Waals surface area contributed by atoms with Crippen molar-refractivity contribution in [2.24, 2.45) is 0 Å². The van der Waals surface area contributed by atoms with Gasteiger partial charge in [0.05, 0.1) is 28.1 Å². The molecule has 45 heavy (non-hydrogen) atoms. The van der Waals surface area contributed by atoms with Gasteiger partial charge in [-0.25, -0.2) is 16.8 Å². The van der Waals surface area contributed by atoms with Gasteiger partial charge >= 0.3 is 0 Å². The number of benzene rings is 4. The number of hydrogen-bond donors (Lipinski definition) is 3. The number of sulfonamides is 2. The van der Waals surface area contributed by atoms with E-state index < -0.39 is 26.0 Å². The minimum atomic E-state index is -3.98. The van der Waals surface area contributed by atoms with Gasteiger partial charge in [0.25, 0.3) is 15.9 Å². The van der Waals surface area contributed by atoms with Crippen molar-refractivity contribution in [2.45, 2.75) is 4.90 Å². The molecule has 0 saturated carbocycles. The van der Waals surface area contributed by atoms with Crippen molar-refractivity contribution in [1.29, 1.82) is 0 Å². The number of nitrogens with zero attached hydrogens (tertiary/aromatic N) is 2. The first kappa shape index (κ1) is 31.3. The van der Waals surface area contributed by atoms with Crippen molar-refractivity contribution in [1.82, 2.24) is 4.90 Å². The fourth-order valence-corrected chi connectivity index (χ4v) is 6.62. The molecule has 0 aliphatic carbocycles. The van der Waals surface area contributed by atoms with Crippen LogP contribution in [0, 0.1) is 0 Å². The van der Waals surface area contributed by atoms with E-state index in [1.165, 1.54) is 17.0 Å². The van der Waals surface area contributed by atoms with Crippen LogP contribution in [0.15, 0.2) is 108 Å². The van der Waals surface area contributed by atoms with Crippen LogP contribution in [-0.4, -0.2) is 60.4 Å². The van der Waals surface area contributed by atoms with Crippen molar-refractivity contribution in [2.75, 3.05) is 46.6 Å². The van der Waals surface area contributed by atoms with Gasteiger partial charge in [0.2, 0.25) is 15.9 Å². The first-order valence-corrected chi connectivity index (χ1v) is 17.0. The average Bonchev–Trinajstić information content (AvgIpc) is 3.33. The highest BCUT2D eigenvalue weighted by atomic mass is 32.2. The van der Waals surface area contributed by atoms with Gasteiger partial charge in [-0.15, -0.1) is 0 Å². The quantitative estimate of drug-likeness (QED) is 0.219. The summed E-state index contributed by atoms with van der Waals surface area (Å²) in [7, 11) is -4.65. The number of likely N-dealkylation sites (N-methyl/N-ethyl adjacent to an activating group) is 1. The highest BCUT2D eigenvalue weighted by Crippen LogP contribution is 2.39. The van der Waals surface area contributed by atoms with Gasteiger partial charge in [-0.3, -0.25) is 18.6 Å². The second-order valence-corrected chi connectivity index (χ2v) is 14.1. The predicted octanol–water partition coefficient (Wildman–Crippen LogP) is 4.27. The molecule has 0 fully saturated rings. The summed E-state index contributed by atoms with van der Waals surface area (Å²) >= 11 is 0. The van der Waals surface area contributed by atoms with Gasteiger partial charge in [0.15, 0.2) is 0 Å². The molecule has 1 aliphatic heterocycles. The molecule has 0 aromatic heterocycles. The van der Waals surface area contributed by atoms with E-state index in [0.29, 0.717) is 33.9 Å². The molecule has 11 nitrogen and oxygen atoms in total. The van der Waals surface area contributed by atoms with Crippen LogP contribution in [0.4, 0.5) is 22.7 Å². The van der Waals surface area contributed by atoms with Crippen molar-refractivity contribution in [3.8, 4) is 0 Å². The lowest BCUT2D eigenvalue weighted by Gasteiger charge is -2.24. The zero-order chi connectivity index (χ0) is 32.4. The maximum Gasteiger partial charge on any atom is 0.261 e. The van der Waals surface area contributed by atoms with Crippen molar-refractivity contribution < 1.29 is 26.4 Å². The van der Waals surface area contributed by atoms with Gasteiger partial charge in [0.1, 0.15) is 6.54 Å². The number of anilines is 4. The van der Waals surface area contributed by atoms with E-state index in [1.807, 2.05) is 30.3 Å². The molecule has 0 spiro atoms. The van der Waals surface area contributed by atoms with Crippen LogP contribution in [-0.2, 0) is 29.6 Å². The van der Waals surface area contributed by atoms with Crippen molar-refractivity contribution >= 4 is 65.9 Å². The zero-order valence-corrected chi connectivity index (χ0v) is 26.3. The minimum absolute atomic E-state index is 0.0241.